The Balaban J connectivity index is 1.51. The highest BCUT2D eigenvalue weighted by Crippen LogP contribution is 2.29. The van der Waals surface area contributed by atoms with Crippen LogP contribution in [0.2, 0.25) is 0 Å². The molecule has 2 aromatic carbocycles. The van der Waals surface area contributed by atoms with E-state index >= 15 is 0 Å². The van der Waals surface area contributed by atoms with Gasteiger partial charge in [-0.2, -0.15) is 5.10 Å². The van der Waals surface area contributed by atoms with Crippen LogP contribution >= 0.6 is 0 Å². The van der Waals surface area contributed by atoms with Crippen LogP contribution in [0.15, 0.2) is 48.8 Å². The number of hydrogen-bond acceptors (Lipinski definition) is 6. The number of carbonyl (C=O) groups excluding carboxylic acids is 1. The molecule has 2 aromatic heterocycles. The molecule has 0 fully saturated rings. The fraction of sp³-hybridized carbons (Fsp3) is 0.143. The zero-order valence-corrected chi connectivity index (χ0v) is 16.4. The largest absolute Gasteiger partial charge is 0.496 e. The van der Waals surface area contributed by atoms with E-state index in [4.69, 9.17) is 4.74 Å². The summed E-state index contributed by atoms with van der Waals surface area (Å²) < 4.78 is 18.6. The van der Waals surface area contributed by atoms with E-state index in [1.54, 1.807) is 7.05 Å². The molecule has 4 aromatic rings. The summed E-state index contributed by atoms with van der Waals surface area (Å²) in [4.78, 5) is 20.8. The summed E-state index contributed by atoms with van der Waals surface area (Å²) in [5.41, 5.74) is 3.32. The van der Waals surface area contributed by atoms with Crippen molar-refractivity contribution in [2.24, 2.45) is 0 Å². The highest BCUT2D eigenvalue weighted by atomic mass is 19.1. The number of benzene rings is 2. The number of aromatic nitrogens is 4. The average molecular weight is 406 g/mol. The quantitative estimate of drug-likeness (QED) is 0.454. The molecule has 30 heavy (non-hydrogen) atoms. The van der Waals surface area contributed by atoms with Crippen molar-refractivity contribution in [1.82, 2.24) is 25.5 Å². The molecule has 0 aliphatic carbocycles. The highest BCUT2D eigenvalue weighted by molar-refractivity contribution is 5.98. The Morgan fingerprint density at radius 3 is 2.70 bits per heavy atom. The van der Waals surface area contributed by atoms with Crippen LogP contribution in [0.25, 0.3) is 22.3 Å². The maximum absolute atomic E-state index is 13.5. The van der Waals surface area contributed by atoms with E-state index < -0.39 is 11.7 Å². The van der Waals surface area contributed by atoms with E-state index in [2.05, 4.69) is 30.8 Å². The summed E-state index contributed by atoms with van der Waals surface area (Å²) in [6, 6.07) is 11.5. The zero-order valence-electron chi connectivity index (χ0n) is 16.4. The van der Waals surface area contributed by atoms with Crippen molar-refractivity contribution in [3.05, 3.63) is 65.7 Å². The minimum absolute atomic E-state index is 0.151. The van der Waals surface area contributed by atoms with Crippen LogP contribution in [0, 0.1) is 5.82 Å². The molecule has 0 bridgehead atoms. The van der Waals surface area contributed by atoms with Crippen molar-refractivity contribution in [2.45, 2.75) is 6.54 Å². The minimum Gasteiger partial charge on any atom is -0.496 e. The summed E-state index contributed by atoms with van der Waals surface area (Å²) >= 11 is 0. The molecule has 3 N–H and O–H groups in total. The molecule has 1 amide bonds. The van der Waals surface area contributed by atoms with E-state index in [1.165, 1.54) is 25.6 Å². The van der Waals surface area contributed by atoms with Gasteiger partial charge in [0.2, 0.25) is 0 Å². The summed E-state index contributed by atoms with van der Waals surface area (Å²) in [6.07, 6.45) is 1.46. The predicted octanol–water partition coefficient (Wildman–Crippen LogP) is 3.14. The van der Waals surface area contributed by atoms with Crippen molar-refractivity contribution in [3.8, 4) is 17.0 Å². The number of fused-ring (bicyclic) bond motifs is 1. The molecule has 0 aliphatic heterocycles. The van der Waals surface area contributed by atoms with Crippen molar-refractivity contribution in [3.63, 3.8) is 0 Å². The van der Waals surface area contributed by atoms with Gasteiger partial charge in [-0.05, 0) is 23.8 Å². The van der Waals surface area contributed by atoms with Gasteiger partial charge in [0.05, 0.1) is 23.8 Å². The standard InChI is InChI=1S/C21H19FN6O2/c1-23-19-17-18(27-28-20(17)26-11-25-19)13-5-3-12(4-6-13)10-24-21(29)15-9-14(22)7-8-16(15)30-2/h3-9,11H,10H2,1-2H3,(H,24,29)(H2,23,25,26,27,28). The second-order valence-electron chi connectivity index (χ2n) is 6.49. The number of nitrogens with one attached hydrogen (secondary N) is 3. The molecule has 0 unspecified atom stereocenters. The number of carbonyl (C=O) groups is 1. The van der Waals surface area contributed by atoms with Gasteiger partial charge in [-0.1, -0.05) is 24.3 Å². The van der Waals surface area contributed by atoms with E-state index in [1.807, 2.05) is 24.3 Å². The lowest BCUT2D eigenvalue weighted by Crippen LogP contribution is -2.23. The fourth-order valence-electron chi connectivity index (χ4n) is 3.18. The maximum atomic E-state index is 13.5. The third-order valence-corrected chi connectivity index (χ3v) is 4.69. The van der Waals surface area contributed by atoms with Gasteiger partial charge >= 0.3 is 0 Å². The Bertz CT molecular complexity index is 1210. The summed E-state index contributed by atoms with van der Waals surface area (Å²) in [7, 11) is 3.23. The minimum atomic E-state index is -0.498. The smallest absolute Gasteiger partial charge is 0.255 e. The first-order valence-electron chi connectivity index (χ1n) is 9.18. The van der Waals surface area contributed by atoms with Gasteiger partial charge in [-0.15, -0.1) is 0 Å². The van der Waals surface area contributed by atoms with Gasteiger partial charge in [-0.3, -0.25) is 9.89 Å². The number of aromatic amines is 1. The molecule has 8 nitrogen and oxygen atoms in total. The maximum Gasteiger partial charge on any atom is 0.255 e. The number of nitrogens with zero attached hydrogens (tertiary/aromatic N) is 3. The second-order valence-corrected chi connectivity index (χ2v) is 6.49. The third kappa shape index (κ3) is 3.64. The van der Waals surface area contributed by atoms with Crippen LogP contribution in [0.4, 0.5) is 10.2 Å². The van der Waals surface area contributed by atoms with Crippen LogP contribution < -0.4 is 15.4 Å². The number of hydrogen-bond donors (Lipinski definition) is 3. The topological polar surface area (TPSA) is 105 Å². The van der Waals surface area contributed by atoms with Gasteiger partial charge in [0.1, 0.15) is 23.7 Å². The zero-order chi connectivity index (χ0) is 21.1. The Labute approximate surface area is 171 Å². The number of H-pyrrole nitrogens is 1. The lowest BCUT2D eigenvalue weighted by molar-refractivity contribution is 0.0947. The van der Waals surface area contributed by atoms with Crippen LogP contribution in [-0.2, 0) is 6.54 Å². The first-order valence-corrected chi connectivity index (χ1v) is 9.18. The number of halogens is 1. The first kappa shape index (κ1) is 19.3. The molecule has 0 radical (unpaired) electrons. The van der Waals surface area contributed by atoms with Crippen molar-refractivity contribution >= 4 is 22.8 Å². The predicted molar refractivity (Wildman–Crippen MR) is 111 cm³/mol. The Kier molecular flexibility index (Phi) is 5.25. The van der Waals surface area contributed by atoms with E-state index in [0.29, 0.717) is 17.2 Å². The molecule has 2 heterocycles. The van der Waals surface area contributed by atoms with Crippen molar-refractivity contribution in [2.75, 3.05) is 19.5 Å². The SMILES string of the molecule is CNc1ncnc2n[nH]c(-c3ccc(CNC(=O)c4cc(F)ccc4OC)cc3)c12. The van der Waals surface area contributed by atoms with Gasteiger partial charge in [0.25, 0.3) is 5.91 Å². The van der Waals surface area contributed by atoms with Crippen molar-refractivity contribution < 1.29 is 13.9 Å². The molecular formula is C21H19FN6O2. The van der Waals surface area contributed by atoms with Gasteiger partial charge < -0.3 is 15.4 Å². The number of ether oxygens (including phenoxy) is 1. The average Bonchev–Trinajstić information content (AvgIpc) is 3.22. The number of amides is 1. The monoisotopic (exact) mass is 406 g/mol. The molecule has 4 rings (SSSR count). The molecular weight excluding hydrogens is 387 g/mol. The third-order valence-electron chi connectivity index (χ3n) is 4.69. The summed E-state index contributed by atoms with van der Waals surface area (Å²) in [5.74, 6) is 0.0925. The summed E-state index contributed by atoms with van der Waals surface area (Å²) in [5, 5.41) is 13.9. The molecule has 0 aliphatic rings. The molecule has 152 valence electrons. The van der Waals surface area contributed by atoms with Crippen molar-refractivity contribution in [1.29, 1.82) is 0 Å². The molecule has 0 saturated carbocycles. The molecule has 0 saturated heterocycles. The van der Waals surface area contributed by atoms with Gasteiger partial charge in [-0.25, -0.2) is 14.4 Å². The first-order chi connectivity index (χ1) is 14.6. The Hall–Kier alpha value is -4.01. The van der Waals surface area contributed by atoms with E-state index in [9.17, 15) is 9.18 Å². The second kappa shape index (κ2) is 8.16. The fourth-order valence-corrected chi connectivity index (χ4v) is 3.18. The lowest BCUT2D eigenvalue weighted by Gasteiger charge is -2.10. The highest BCUT2D eigenvalue weighted by Gasteiger charge is 2.15. The van der Waals surface area contributed by atoms with Crippen LogP contribution in [0.5, 0.6) is 5.75 Å². The van der Waals surface area contributed by atoms with Gasteiger partial charge in [0, 0.05) is 19.2 Å². The molecule has 0 spiro atoms. The molecule has 0 atom stereocenters. The van der Waals surface area contributed by atoms with E-state index in [0.717, 1.165) is 28.3 Å². The molecule has 9 heteroatoms. The van der Waals surface area contributed by atoms with Gasteiger partial charge in [0.15, 0.2) is 5.65 Å². The number of methoxy groups -OCH3 is 1. The number of rotatable bonds is 6. The van der Waals surface area contributed by atoms with E-state index in [-0.39, 0.29) is 12.1 Å². The Morgan fingerprint density at radius 2 is 1.97 bits per heavy atom. The normalized spacial score (nSPS) is 10.8. The van der Waals surface area contributed by atoms with Crippen LogP contribution in [0.1, 0.15) is 15.9 Å². The lowest BCUT2D eigenvalue weighted by atomic mass is 10.1. The van der Waals surface area contributed by atoms with Crippen LogP contribution in [0.3, 0.4) is 0 Å². The number of anilines is 1. The van der Waals surface area contributed by atoms with Crippen LogP contribution in [-0.4, -0.2) is 40.2 Å². The summed E-state index contributed by atoms with van der Waals surface area (Å²) in [6.45, 7) is 0.285. The Morgan fingerprint density at radius 1 is 1.17 bits per heavy atom.